The number of benzene rings is 2. The maximum Gasteiger partial charge on any atom is 0.408 e. The van der Waals surface area contributed by atoms with Gasteiger partial charge in [-0.2, -0.15) is 0 Å². The highest BCUT2D eigenvalue weighted by atomic mass is 32.2. The molecule has 2 aliphatic heterocycles. The summed E-state index contributed by atoms with van der Waals surface area (Å²) < 4.78 is 45.4. The summed E-state index contributed by atoms with van der Waals surface area (Å²) in [6.07, 6.45) is 0.196. The Kier molecular flexibility index (Phi) is 11.8. The number of β-lactam (4-membered cyclic amide) rings is 1. The Morgan fingerprint density at radius 1 is 1.07 bits per heavy atom. The molecule has 5 atom stereocenters. The van der Waals surface area contributed by atoms with Crippen LogP contribution in [0.25, 0.3) is 22.2 Å². The van der Waals surface area contributed by atoms with Gasteiger partial charge in [0.05, 0.1) is 30.1 Å². The molecule has 4 fully saturated rings. The molecule has 0 bridgehead atoms. The first kappa shape index (κ1) is 43.1. The zero-order valence-electron chi connectivity index (χ0n) is 34.5. The third-order valence-electron chi connectivity index (χ3n) is 11.2. The van der Waals surface area contributed by atoms with Crippen molar-refractivity contribution in [2.75, 3.05) is 20.2 Å². The minimum Gasteiger partial charge on any atom is -0.497 e. The minimum absolute atomic E-state index is 0.0732. The average Bonchev–Trinajstić information content (AvgIpc) is 4.14. The van der Waals surface area contributed by atoms with Crippen LogP contribution in [0.1, 0.15) is 65.7 Å². The van der Waals surface area contributed by atoms with Crippen molar-refractivity contribution in [3.8, 4) is 22.8 Å². The molecule has 2 aromatic carbocycles. The first-order valence-corrected chi connectivity index (χ1v) is 21.8. The molecule has 2 aliphatic carbocycles. The zero-order valence-corrected chi connectivity index (χ0v) is 35.3. The molecule has 4 aliphatic rings. The molecular weight excluding hydrogens is 809 g/mol. The maximum atomic E-state index is 14.7. The van der Waals surface area contributed by atoms with Crippen molar-refractivity contribution in [3.05, 3.63) is 67.3 Å². The number of imide groups is 1. The second kappa shape index (κ2) is 16.8. The number of alkyl carbamates (subject to hydrolysis) is 1. The summed E-state index contributed by atoms with van der Waals surface area (Å²) in [7, 11) is -2.43. The van der Waals surface area contributed by atoms with E-state index in [2.05, 4.69) is 21.9 Å². The summed E-state index contributed by atoms with van der Waals surface area (Å²) in [5, 5.41) is 5.25. The molecule has 1 aromatic heterocycles. The molecule has 3 aromatic rings. The third-order valence-corrected chi connectivity index (χ3v) is 13.0. The Morgan fingerprint density at radius 2 is 1.80 bits per heavy atom. The van der Waals surface area contributed by atoms with E-state index in [-0.39, 0.29) is 51.1 Å². The number of amides is 6. The fraction of sp³-hybridized carbons (Fsp3) is 0.465. The highest BCUT2D eigenvalue weighted by Crippen LogP contribution is 2.46. The first-order valence-electron chi connectivity index (χ1n) is 20.3. The second-order valence-corrected chi connectivity index (χ2v) is 18.8. The molecule has 17 nitrogen and oxygen atoms in total. The van der Waals surface area contributed by atoms with Gasteiger partial charge in [-0.1, -0.05) is 36.4 Å². The number of aromatic nitrogens is 1. The number of sulfonamides is 1. The molecule has 7 rings (SSSR count). The van der Waals surface area contributed by atoms with Crippen molar-refractivity contribution < 1.29 is 51.4 Å². The van der Waals surface area contributed by atoms with Crippen LogP contribution >= 0.6 is 0 Å². The fourth-order valence-electron chi connectivity index (χ4n) is 7.62. The lowest BCUT2D eigenvalue weighted by Crippen LogP contribution is -2.58. The second-order valence-electron chi connectivity index (χ2n) is 16.8. The van der Waals surface area contributed by atoms with Crippen molar-refractivity contribution in [2.45, 2.75) is 100 Å². The Morgan fingerprint density at radius 3 is 2.41 bits per heavy atom. The number of ether oxygens (including phenoxy) is 3. The van der Waals surface area contributed by atoms with E-state index < -0.39 is 80.2 Å². The molecule has 2 saturated heterocycles. The lowest BCUT2D eigenvalue weighted by atomic mass is 10.1. The van der Waals surface area contributed by atoms with Crippen LogP contribution in [0.5, 0.6) is 11.5 Å². The van der Waals surface area contributed by atoms with Gasteiger partial charge in [-0.3, -0.25) is 33.6 Å². The molecule has 6 amide bonds. The van der Waals surface area contributed by atoms with E-state index in [4.69, 9.17) is 19.2 Å². The summed E-state index contributed by atoms with van der Waals surface area (Å²) in [5.41, 5.74) is -0.653. The minimum atomic E-state index is -3.97. The maximum absolute atomic E-state index is 14.7. The van der Waals surface area contributed by atoms with Crippen LogP contribution in [0, 0.1) is 5.92 Å². The Hall–Kier alpha value is -6.04. The third kappa shape index (κ3) is 9.48. The van der Waals surface area contributed by atoms with Crippen molar-refractivity contribution in [1.29, 1.82) is 0 Å². The molecule has 2 unspecified atom stereocenters. The average molecular weight is 859 g/mol. The van der Waals surface area contributed by atoms with E-state index in [9.17, 15) is 37.2 Å². The number of fused-ring (bicyclic) bond motifs is 1. The summed E-state index contributed by atoms with van der Waals surface area (Å²) in [6, 6.07) is 13.8. The molecule has 3 N–H and O–H groups in total. The molecule has 324 valence electrons. The Bertz CT molecular complexity index is 2380. The molecule has 0 radical (unpaired) electrons. The quantitative estimate of drug-likeness (QED) is 0.148. The Balaban J connectivity index is 1.21. The van der Waals surface area contributed by atoms with E-state index in [0.717, 1.165) is 10.5 Å². The number of nitrogens with zero attached hydrogens (tertiary/aromatic N) is 3. The summed E-state index contributed by atoms with van der Waals surface area (Å²) >= 11 is 0. The van der Waals surface area contributed by atoms with Crippen molar-refractivity contribution in [1.82, 2.24) is 30.1 Å². The van der Waals surface area contributed by atoms with E-state index >= 15 is 0 Å². The topological polar surface area (TPSA) is 220 Å². The fourth-order valence-corrected chi connectivity index (χ4v) is 8.98. The van der Waals surface area contributed by atoms with Gasteiger partial charge in [0.25, 0.3) is 5.91 Å². The van der Waals surface area contributed by atoms with E-state index in [0.29, 0.717) is 40.9 Å². The van der Waals surface area contributed by atoms with Gasteiger partial charge >= 0.3 is 6.09 Å². The van der Waals surface area contributed by atoms with Crippen LogP contribution in [-0.2, 0) is 38.7 Å². The van der Waals surface area contributed by atoms with Crippen molar-refractivity contribution in [2.24, 2.45) is 5.92 Å². The highest BCUT2D eigenvalue weighted by molar-refractivity contribution is 7.91. The van der Waals surface area contributed by atoms with Gasteiger partial charge in [-0.15, -0.1) is 6.58 Å². The zero-order chi connectivity index (χ0) is 43.9. The van der Waals surface area contributed by atoms with E-state index in [1.54, 1.807) is 52.1 Å². The summed E-state index contributed by atoms with van der Waals surface area (Å²) in [4.78, 5) is 88.2. The smallest absolute Gasteiger partial charge is 0.408 e. The van der Waals surface area contributed by atoms with Gasteiger partial charge in [0, 0.05) is 54.8 Å². The van der Waals surface area contributed by atoms with Gasteiger partial charge in [0.15, 0.2) is 0 Å². The molecule has 3 heterocycles. The highest BCUT2D eigenvalue weighted by Gasteiger charge is 2.62. The van der Waals surface area contributed by atoms with E-state index in [1.165, 1.54) is 11.0 Å². The van der Waals surface area contributed by atoms with Crippen LogP contribution in [0.15, 0.2) is 67.3 Å². The molecule has 18 heteroatoms. The molecule has 0 spiro atoms. The van der Waals surface area contributed by atoms with Gasteiger partial charge < -0.3 is 29.7 Å². The SMILES string of the molecule is C=C[C@@H]1C[C@]1(NC(=O)[C@@H]1CC(Oc2cc(-c3ccccc3)nc3cc(OC)ccc23)CN1C(=O)C(CCC(=O)N1CCC1=O)NC(=O)OC(C)(C)C)C(=O)NS(=O)(=O)C1CC1. The normalized spacial score (nSPS) is 22.7. The standard InChI is InChI=1S/C43H50N6O11S/c1-6-26-23-43(26,40(54)47-61(56,57)29-13-14-29)46-38(52)34-21-28(59-35-22-32(25-10-8-7-9-11-25)44-33-20-27(58-5)12-15-30(33)35)24-49(34)39(53)31(45-41(55)60-42(2,3)4)16-17-36(50)48-19-18-37(48)51/h6-12,15,20,22,26,28-29,31,34H,1,13-14,16-19,21,23-24H2,2-5H3,(H,45,55)(H,46,52)(H,47,54)/t26-,28?,31?,34+,43-/m1/s1. The number of nitrogens with one attached hydrogen (secondary N) is 3. The largest absolute Gasteiger partial charge is 0.497 e. The number of pyridine rings is 1. The molecule has 2 saturated carbocycles. The monoisotopic (exact) mass is 858 g/mol. The summed E-state index contributed by atoms with van der Waals surface area (Å²) in [5.74, 6) is -2.93. The van der Waals surface area contributed by atoms with Crippen LogP contribution in [0.2, 0.25) is 0 Å². The number of carbonyl (C=O) groups excluding carboxylic acids is 6. The van der Waals surface area contributed by atoms with Crippen LogP contribution in [-0.4, -0.2) is 114 Å². The van der Waals surface area contributed by atoms with Crippen molar-refractivity contribution >= 4 is 56.6 Å². The van der Waals surface area contributed by atoms with Gasteiger partial charge in [-0.25, -0.2) is 18.2 Å². The predicted octanol–water partition coefficient (Wildman–Crippen LogP) is 3.36. The molecular formula is C43H50N6O11S. The number of hydrogen-bond acceptors (Lipinski definition) is 12. The van der Waals surface area contributed by atoms with Gasteiger partial charge in [0.1, 0.15) is 40.8 Å². The van der Waals surface area contributed by atoms with Gasteiger partial charge in [0.2, 0.25) is 33.7 Å². The number of carbonyl (C=O) groups is 6. The molecule has 61 heavy (non-hydrogen) atoms. The van der Waals surface area contributed by atoms with Crippen LogP contribution in [0.3, 0.4) is 0 Å². The predicted molar refractivity (Wildman–Crippen MR) is 221 cm³/mol. The van der Waals surface area contributed by atoms with E-state index in [1.807, 2.05) is 30.3 Å². The number of rotatable bonds is 15. The van der Waals surface area contributed by atoms with Gasteiger partial charge in [-0.05, 0) is 58.6 Å². The van der Waals surface area contributed by atoms with Crippen LogP contribution < -0.4 is 24.8 Å². The summed E-state index contributed by atoms with van der Waals surface area (Å²) in [6.45, 7) is 8.77. The Labute approximate surface area is 353 Å². The number of methoxy groups -OCH3 is 1. The number of likely N-dealkylation sites (tertiary alicyclic amines) is 2. The van der Waals surface area contributed by atoms with Crippen LogP contribution in [0.4, 0.5) is 4.79 Å². The lowest BCUT2D eigenvalue weighted by molar-refractivity contribution is -0.152. The lowest BCUT2D eigenvalue weighted by Gasteiger charge is -2.31. The number of hydrogen-bond donors (Lipinski definition) is 3. The van der Waals surface area contributed by atoms with Crippen molar-refractivity contribution in [3.63, 3.8) is 0 Å². The first-order chi connectivity index (χ1) is 28.9.